The maximum atomic E-state index is 13.2. The predicted octanol–water partition coefficient (Wildman–Crippen LogP) is 5.35. The third kappa shape index (κ3) is 4.02. The van der Waals surface area contributed by atoms with Crippen molar-refractivity contribution in [3.63, 3.8) is 0 Å². The van der Waals surface area contributed by atoms with E-state index < -0.39 is 5.72 Å². The topological polar surface area (TPSA) is 70.7 Å². The lowest BCUT2D eigenvalue weighted by Gasteiger charge is -2.50. The van der Waals surface area contributed by atoms with Crippen LogP contribution < -0.4 is 20.3 Å². The molecule has 0 aliphatic carbocycles. The molecule has 2 aliphatic rings. The van der Waals surface area contributed by atoms with Gasteiger partial charge in [-0.1, -0.05) is 47.5 Å². The Morgan fingerprint density at radius 3 is 2.76 bits per heavy atom. The van der Waals surface area contributed by atoms with E-state index in [-0.39, 0.29) is 18.0 Å². The first-order valence-corrected chi connectivity index (χ1v) is 11.2. The molecule has 33 heavy (non-hydrogen) atoms. The lowest BCUT2D eigenvalue weighted by atomic mass is 9.89. The number of anilines is 1. The monoisotopic (exact) mass is 461 g/mol. The Hall–Kier alpha value is -3.51. The van der Waals surface area contributed by atoms with Crippen molar-refractivity contribution in [1.29, 1.82) is 0 Å². The number of urea groups is 1. The van der Waals surface area contributed by atoms with Gasteiger partial charge in [0.1, 0.15) is 5.75 Å². The number of amides is 3. The van der Waals surface area contributed by atoms with Crippen molar-refractivity contribution in [3.05, 3.63) is 94.0 Å². The Bertz CT molecular complexity index is 1240. The maximum Gasteiger partial charge on any atom is 0.325 e. The SMILES string of the molecule is Cc1ccc2c(c1)C1CC(C)(O2)N(c2cccc(C(=O)NCc3ccc(Cl)cc3)c2)C(=O)N1. The molecule has 3 amide bonds. The predicted molar refractivity (Wildman–Crippen MR) is 128 cm³/mol. The minimum atomic E-state index is -0.867. The van der Waals surface area contributed by atoms with Crippen molar-refractivity contribution < 1.29 is 14.3 Å². The third-order valence-electron chi connectivity index (χ3n) is 6.16. The Balaban J connectivity index is 1.39. The zero-order valence-electron chi connectivity index (χ0n) is 18.4. The van der Waals surface area contributed by atoms with Gasteiger partial charge in [-0.15, -0.1) is 0 Å². The molecule has 5 rings (SSSR count). The van der Waals surface area contributed by atoms with E-state index in [1.165, 1.54) is 0 Å². The molecular formula is C26H24ClN3O3. The Morgan fingerprint density at radius 1 is 1.18 bits per heavy atom. The maximum absolute atomic E-state index is 13.2. The van der Waals surface area contributed by atoms with Crippen molar-refractivity contribution in [2.45, 2.75) is 38.6 Å². The van der Waals surface area contributed by atoms with Crippen molar-refractivity contribution in [3.8, 4) is 5.75 Å². The largest absolute Gasteiger partial charge is 0.467 e. The van der Waals surface area contributed by atoms with Crippen LogP contribution in [0.1, 0.15) is 46.4 Å². The van der Waals surface area contributed by atoms with E-state index in [4.69, 9.17) is 16.3 Å². The molecule has 2 atom stereocenters. The first-order valence-electron chi connectivity index (χ1n) is 10.9. The van der Waals surface area contributed by atoms with Crippen LogP contribution in [0.15, 0.2) is 66.7 Å². The third-order valence-corrected chi connectivity index (χ3v) is 6.41. The molecule has 2 bridgehead atoms. The fraction of sp³-hybridized carbons (Fsp3) is 0.231. The summed E-state index contributed by atoms with van der Waals surface area (Å²) in [5, 5.41) is 6.66. The second-order valence-corrected chi connectivity index (χ2v) is 9.16. The molecule has 1 fully saturated rings. The number of hydrogen-bond acceptors (Lipinski definition) is 3. The first kappa shape index (κ1) is 21.3. The number of fused-ring (bicyclic) bond motifs is 4. The second kappa shape index (κ2) is 8.12. The van der Waals surface area contributed by atoms with Gasteiger partial charge < -0.3 is 15.4 Å². The highest BCUT2D eigenvalue weighted by Gasteiger charge is 2.49. The van der Waals surface area contributed by atoms with E-state index in [2.05, 4.69) is 16.7 Å². The number of aryl methyl sites for hydroxylation is 1. The van der Waals surface area contributed by atoms with Crippen LogP contribution in [0.5, 0.6) is 5.75 Å². The molecule has 2 N–H and O–H groups in total. The van der Waals surface area contributed by atoms with Gasteiger partial charge in [0, 0.05) is 29.1 Å². The molecule has 0 radical (unpaired) electrons. The summed E-state index contributed by atoms with van der Waals surface area (Å²) in [6, 6.07) is 20.0. The van der Waals surface area contributed by atoms with Crippen LogP contribution in [0.2, 0.25) is 5.02 Å². The molecule has 7 heteroatoms. The summed E-state index contributed by atoms with van der Waals surface area (Å²) in [5.41, 5.74) is 3.26. The highest BCUT2D eigenvalue weighted by molar-refractivity contribution is 6.30. The van der Waals surface area contributed by atoms with Gasteiger partial charge in [0.25, 0.3) is 5.91 Å². The van der Waals surface area contributed by atoms with Crippen LogP contribution in [0.4, 0.5) is 10.5 Å². The molecule has 3 aromatic carbocycles. The van der Waals surface area contributed by atoms with Crippen LogP contribution >= 0.6 is 11.6 Å². The number of hydrogen-bond donors (Lipinski definition) is 2. The summed E-state index contributed by atoms with van der Waals surface area (Å²) in [7, 11) is 0. The highest BCUT2D eigenvalue weighted by Crippen LogP contribution is 2.45. The smallest absolute Gasteiger partial charge is 0.325 e. The summed E-state index contributed by atoms with van der Waals surface area (Å²) in [5.74, 6) is 0.541. The van der Waals surface area contributed by atoms with E-state index in [1.807, 2.05) is 44.2 Å². The van der Waals surface area contributed by atoms with Gasteiger partial charge in [-0.2, -0.15) is 0 Å². The summed E-state index contributed by atoms with van der Waals surface area (Å²) in [6.45, 7) is 4.31. The standard InChI is InChI=1S/C26H24ClN3O3/c1-16-6-11-23-21(12-16)22-14-26(2,33-23)30(25(32)29-22)20-5-3-4-18(13-20)24(31)28-15-17-7-9-19(27)10-8-17/h3-13,22H,14-15H2,1-2H3,(H,28,31)(H,29,32). The normalized spacial score (nSPS) is 21.0. The summed E-state index contributed by atoms with van der Waals surface area (Å²) in [6.07, 6.45) is 0.599. The van der Waals surface area contributed by atoms with E-state index in [0.29, 0.717) is 29.2 Å². The van der Waals surface area contributed by atoms with Crippen molar-refractivity contribution in [2.24, 2.45) is 0 Å². The molecule has 2 aliphatic heterocycles. The number of nitrogens with zero attached hydrogens (tertiary/aromatic N) is 1. The summed E-state index contributed by atoms with van der Waals surface area (Å²) in [4.78, 5) is 27.6. The van der Waals surface area contributed by atoms with E-state index in [0.717, 1.165) is 22.4 Å². The zero-order valence-corrected chi connectivity index (χ0v) is 19.1. The Morgan fingerprint density at radius 2 is 1.97 bits per heavy atom. The number of rotatable bonds is 4. The molecule has 1 saturated heterocycles. The summed E-state index contributed by atoms with van der Waals surface area (Å²) < 4.78 is 6.35. The van der Waals surface area contributed by atoms with Crippen LogP contribution in [0.25, 0.3) is 0 Å². The van der Waals surface area contributed by atoms with Gasteiger partial charge >= 0.3 is 6.03 Å². The average Bonchev–Trinajstić information content (AvgIpc) is 2.79. The lowest BCUT2D eigenvalue weighted by molar-refractivity contribution is 0.0378. The Labute approximate surface area is 197 Å². The quantitative estimate of drug-likeness (QED) is 0.550. The molecule has 2 heterocycles. The number of ether oxygens (including phenoxy) is 1. The summed E-state index contributed by atoms with van der Waals surface area (Å²) >= 11 is 5.92. The number of carbonyl (C=O) groups is 2. The molecule has 2 unspecified atom stereocenters. The highest BCUT2D eigenvalue weighted by atomic mass is 35.5. The van der Waals surface area contributed by atoms with Gasteiger partial charge in [-0.3, -0.25) is 9.69 Å². The minimum Gasteiger partial charge on any atom is -0.467 e. The van der Waals surface area contributed by atoms with E-state index in [9.17, 15) is 9.59 Å². The Kier molecular flexibility index (Phi) is 5.25. The van der Waals surface area contributed by atoms with Gasteiger partial charge in [0.2, 0.25) is 0 Å². The van der Waals surface area contributed by atoms with Gasteiger partial charge in [0.05, 0.1) is 11.7 Å². The molecule has 3 aromatic rings. The zero-order chi connectivity index (χ0) is 23.2. The van der Waals surface area contributed by atoms with Crippen molar-refractivity contribution in [2.75, 3.05) is 4.90 Å². The number of nitrogens with one attached hydrogen (secondary N) is 2. The van der Waals surface area contributed by atoms with Crippen LogP contribution in [-0.2, 0) is 6.54 Å². The molecule has 0 saturated carbocycles. The van der Waals surface area contributed by atoms with Gasteiger partial charge in [0.15, 0.2) is 5.72 Å². The van der Waals surface area contributed by atoms with Crippen LogP contribution in [0.3, 0.4) is 0 Å². The van der Waals surface area contributed by atoms with Crippen LogP contribution in [-0.4, -0.2) is 17.7 Å². The van der Waals surface area contributed by atoms with E-state index >= 15 is 0 Å². The lowest BCUT2D eigenvalue weighted by Crippen LogP contribution is -2.65. The first-order chi connectivity index (χ1) is 15.8. The van der Waals surface area contributed by atoms with Crippen molar-refractivity contribution >= 4 is 29.2 Å². The average molecular weight is 462 g/mol. The van der Waals surface area contributed by atoms with Crippen molar-refractivity contribution in [1.82, 2.24) is 10.6 Å². The fourth-order valence-corrected chi connectivity index (χ4v) is 4.68. The molecule has 0 spiro atoms. The second-order valence-electron chi connectivity index (χ2n) is 8.72. The number of benzene rings is 3. The van der Waals surface area contributed by atoms with Gasteiger partial charge in [-0.05, 0) is 55.8 Å². The number of carbonyl (C=O) groups excluding carboxylic acids is 2. The molecule has 6 nitrogen and oxygen atoms in total. The van der Waals surface area contributed by atoms with Gasteiger partial charge in [-0.25, -0.2) is 4.79 Å². The molecular weight excluding hydrogens is 438 g/mol. The number of halogens is 1. The fourth-order valence-electron chi connectivity index (χ4n) is 4.56. The minimum absolute atomic E-state index is 0.117. The van der Waals surface area contributed by atoms with Crippen LogP contribution in [0, 0.1) is 6.92 Å². The molecule has 168 valence electrons. The van der Waals surface area contributed by atoms with E-state index in [1.54, 1.807) is 35.2 Å². The molecule has 0 aromatic heterocycles.